The van der Waals surface area contributed by atoms with E-state index in [-0.39, 0.29) is 17.9 Å². The van der Waals surface area contributed by atoms with Gasteiger partial charge in [0.1, 0.15) is 5.82 Å². The van der Waals surface area contributed by atoms with E-state index in [1.54, 1.807) is 0 Å². The van der Waals surface area contributed by atoms with E-state index in [4.69, 9.17) is 5.73 Å². The first-order chi connectivity index (χ1) is 7.20. The van der Waals surface area contributed by atoms with Gasteiger partial charge in [-0.1, -0.05) is 11.8 Å². The molecule has 1 fully saturated rings. The first-order valence-electron chi connectivity index (χ1n) is 5.13. The van der Waals surface area contributed by atoms with Gasteiger partial charge in [-0.25, -0.2) is 4.98 Å². The number of aliphatic hydroxyl groups is 1. The van der Waals surface area contributed by atoms with Crippen LogP contribution in [0.2, 0.25) is 0 Å². The predicted octanol–water partition coefficient (Wildman–Crippen LogP) is 0.303. The molecule has 0 aliphatic heterocycles. The van der Waals surface area contributed by atoms with E-state index in [1.165, 1.54) is 24.6 Å². The summed E-state index contributed by atoms with van der Waals surface area (Å²) in [5.41, 5.74) is 6.04. The Balaban J connectivity index is 1.95. The van der Waals surface area contributed by atoms with Crippen LogP contribution >= 0.6 is 11.8 Å². The molecule has 2 atom stereocenters. The molecule has 15 heavy (non-hydrogen) atoms. The minimum absolute atomic E-state index is 0.00713. The van der Waals surface area contributed by atoms with E-state index in [0.717, 1.165) is 5.82 Å². The molecule has 1 saturated carbocycles. The highest BCUT2D eigenvalue weighted by Crippen LogP contribution is 2.36. The van der Waals surface area contributed by atoms with Crippen molar-refractivity contribution in [3.63, 3.8) is 0 Å². The highest BCUT2D eigenvalue weighted by molar-refractivity contribution is 7.99. The van der Waals surface area contributed by atoms with Crippen molar-refractivity contribution in [3.05, 3.63) is 5.82 Å². The molecule has 1 aromatic rings. The smallest absolute Gasteiger partial charge is 0.208 e. The standard InChI is InChI=1S/C9H16N4OS/c1-5-11-9(13-12-5)15-7(4-14)8(10)6-2-3-6/h6-8,14H,2-4,10H2,1H3,(H,11,12,13). The monoisotopic (exact) mass is 228 g/mol. The summed E-state index contributed by atoms with van der Waals surface area (Å²) < 4.78 is 0. The number of thioether (sulfide) groups is 1. The van der Waals surface area contributed by atoms with Gasteiger partial charge in [-0.05, 0) is 25.7 Å². The van der Waals surface area contributed by atoms with Crippen molar-refractivity contribution < 1.29 is 5.11 Å². The third kappa shape index (κ3) is 2.70. The molecule has 0 aromatic carbocycles. The molecule has 84 valence electrons. The summed E-state index contributed by atoms with van der Waals surface area (Å²) in [6.07, 6.45) is 2.37. The predicted molar refractivity (Wildman–Crippen MR) is 58.5 cm³/mol. The molecule has 1 heterocycles. The second kappa shape index (κ2) is 4.51. The molecule has 1 aromatic heterocycles. The van der Waals surface area contributed by atoms with Crippen molar-refractivity contribution in [2.24, 2.45) is 11.7 Å². The third-order valence-electron chi connectivity index (χ3n) is 2.61. The lowest BCUT2D eigenvalue weighted by molar-refractivity contribution is 0.277. The molecule has 6 heteroatoms. The zero-order valence-electron chi connectivity index (χ0n) is 8.68. The van der Waals surface area contributed by atoms with Crippen molar-refractivity contribution in [3.8, 4) is 0 Å². The number of nitrogens with two attached hydrogens (primary N) is 1. The molecule has 0 spiro atoms. The topological polar surface area (TPSA) is 87.8 Å². The lowest BCUT2D eigenvalue weighted by Crippen LogP contribution is -2.36. The fourth-order valence-electron chi connectivity index (χ4n) is 1.53. The van der Waals surface area contributed by atoms with E-state index in [9.17, 15) is 5.11 Å². The molecule has 0 amide bonds. The number of hydrogen-bond donors (Lipinski definition) is 3. The van der Waals surface area contributed by atoms with Crippen LogP contribution in [0.5, 0.6) is 0 Å². The van der Waals surface area contributed by atoms with Crippen LogP contribution in [0.4, 0.5) is 0 Å². The number of hydrogen-bond acceptors (Lipinski definition) is 5. The van der Waals surface area contributed by atoms with Gasteiger partial charge in [0.25, 0.3) is 0 Å². The summed E-state index contributed by atoms with van der Waals surface area (Å²) >= 11 is 1.46. The molecule has 1 aliphatic rings. The summed E-state index contributed by atoms with van der Waals surface area (Å²) in [4.78, 5) is 4.19. The van der Waals surface area contributed by atoms with E-state index in [2.05, 4.69) is 15.2 Å². The molecular formula is C9H16N4OS. The van der Waals surface area contributed by atoms with Crippen molar-refractivity contribution in [1.82, 2.24) is 15.2 Å². The summed E-state index contributed by atoms with van der Waals surface area (Å²) in [6.45, 7) is 1.93. The minimum Gasteiger partial charge on any atom is -0.395 e. The quantitative estimate of drug-likeness (QED) is 0.631. The Morgan fingerprint density at radius 3 is 2.87 bits per heavy atom. The number of nitrogens with zero attached hydrogens (tertiary/aromatic N) is 2. The van der Waals surface area contributed by atoms with Crippen molar-refractivity contribution >= 4 is 11.8 Å². The first-order valence-corrected chi connectivity index (χ1v) is 6.00. The largest absolute Gasteiger partial charge is 0.395 e. The zero-order valence-corrected chi connectivity index (χ0v) is 9.50. The van der Waals surface area contributed by atoms with E-state index in [1.807, 2.05) is 6.92 Å². The zero-order chi connectivity index (χ0) is 10.8. The number of aromatic nitrogens is 3. The summed E-state index contributed by atoms with van der Waals surface area (Å²) in [5, 5.41) is 16.8. The normalized spacial score (nSPS) is 20.2. The fraction of sp³-hybridized carbons (Fsp3) is 0.778. The molecule has 0 bridgehead atoms. The van der Waals surface area contributed by atoms with Gasteiger partial charge >= 0.3 is 0 Å². The highest BCUT2D eigenvalue weighted by Gasteiger charge is 2.34. The number of aliphatic hydroxyl groups excluding tert-OH is 1. The van der Waals surface area contributed by atoms with Crippen LogP contribution in [-0.4, -0.2) is 38.2 Å². The maximum Gasteiger partial charge on any atom is 0.208 e. The Morgan fingerprint density at radius 1 is 1.67 bits per heavy atom. The fourth-order valence-corrected chi connectivity index (χ4v) is 2.55. The molecule has 4 N–H and O–H groups in total. The first kappa shape index (κ1) is 10.9. The van der Waals surface area contributed by atoms with Crippen LogP contribution in [0, 0.1) is 12.8 Å². The maximum atomic E-state index is 9.27. The maximum absolute atomic E-state index is 9.27. The summed E-state index contributed by atoms with van der Waals surface area (Å²) in [5.74, 6) is 1.36. The highest BCUT2D eigenvalue weighted by atomic mass is 32.2. The van der Waals surface area contributed by atoms with Crippen LogP contribution in [-0.2, 0) is 0 Å². The Morgan fingerprint density at radius 2 is 2.40 bits per heavy atom. The molecule has 0 radical (unpaired) electrons. The van der Waals surface area contributed by atoms with E-state index < -0.39 is 0 Å². The van der Waals surface area contributed by atoms with Crippen molar-refractivity contribution in [2.75, 3.05) is 6.61 Å². The minimum atomic E-state index is 0.00713. The van der Waals surface area contributed by atoms with Gasteiger partial charge in [-0.2, -0.15) is 0 Å². The Hall–Kier alpha value is -0.590. The third-order valence-corrected chi connectivity index (χ3v) is 3.77. The van der Waals surface area contributed by atoms with Crippen LogP contribution in [0.1, 0.15) is 18.7 Å². The molecule has 2 unspecified atom stereocenters. The average Bonchev–Trinajstić information content (AvgIpc) is 2.99. The average molecular weight is 228 g/mol. The van der Waals surface area contributed by atoms with Crippen molar-refractivity contribution in [2.45, 2.75) is 36.2 Å². The van der Waals surface area contributed by atoms with Gasteiger partial charge in [0.2, 0.25) is 5.16 Å². The van der Waals surface area contributed by atoms with E-state index in [0.29, 0.717) is 11.1 Å². The van der Waals surface area contributed by atoms with Crippen LogP contribution in [0.3, 0.4) is 0 Å². The lowest BCUT2D eigenvalue weighted by atomic mass is 10.1. The molecule has 5 nitrogen and oxygen atoms in total. The van der Waals surface area contributed by atoms with Crippen LogP contribution in [0.25, 0.3) is 0 Å². The molecule has 1 aliphatic carbocycles. The number of H-pyrrole nitrogens is 1. The van der Waals surface area contributed by atoms with Crippen LogP contribution in [0.15, 0.2) is 5.16 Å². The summed E-state index contributed by atoms with van der Waals surface area (Å²) in [6, 6.07) is 0.0545. The Kier molecular flexibility index (Phi) is 3.28. The number of nitrogens with one attached hydrogen (secondary N) is 1. The number of aryl methyl sites for hydroxylation is 1. The molecular weight excluding hydrogens is 212 g/mol. The van der Waals surface area contributed by atoms with Gasteiger partial charge in [0.15, 0.2) is 0 Å². The van der Waals surface area contributed by atoms with E-state index >= 15 is 0 Å². The van der Waals surface area contributed by atoms with Crippen LogP contribution < -0.4 is 5.73 Å². The number of aromatic amines is 1. The molecule has 2 rings (SSSR count). The SMILES string of the molecule is Cc1nc(SC(CO)C(N)C2CC2)n[nH]1. The van der Waals surface area contributed by atoms with Gasteiger partial charge in [0.05, 0.1) is 11.9 Å². The second-order valence-corrected chi connectivity index (χ2v) is 5.16. The van der Waals surface area contributed by atoms with Gasteiger partial charge in [-0.3, -0.25) is 5.10 Å². The Bertz CT molecular complexity index is 326. The van der Waals surface area contributed by atoms with Gasteiger partial charge < -0.3 is 10.8 Å². The van der Waals surface area contributed by atoms with Crippen molar-refractivity contribution in [1.29, 1.82) is 0 Å². The second-order valence-electron chi connectivity index (χ2n) is 3.96. The van der Waals surface area contributed by atoms with Gasteiger partial charge in [0, 0.05) is 6.04 Å². The summed E-state index contributed by atoms with van der Waals surface area (Å²) in [7, 11) is 0. The Labute approximate surface area is 92.9 Å². The number of rotatable bonds is 5. The lowest BCUT2D eigenvalue weighted by Gasteiger charge is -2.19. The molecule has 0 saturated heterocycles. The van der Waals surface area contributed by atoms with Gasteiger partial charge in [-0.15, -0.1) is 5.10 Å².